The van der Waals surface area contributed by atoms with E-state index in [1.54, 1.807) is 0 Å². The molecule has 0 aromatic heterocycles. The van der Waals surface area contributed by atoms with Crippen LogP contribution in [0, 0.1) is 10.1 Å². The Bertz CT molecular complexity index is 418. The molecule has 92 valence electrons. The largest absolute Gasteiger partial charge is 0.489 e. The first-order valence-corrected chi connectivity index (χ1v) is 5.73. The van der Waals surface area contributed by atoms with Crippen molar-refractivity contribution < 1.29 is 14.4 Å². The second-order valence-corrected chi connectivity index (χ2v) is 4.23. The van der Waals surface area contributed by atoms with Gasteiger partial charge in [-0.05, 0) is 18.9 Å². The molecule has 2 rings (SSSR count). The highest BCUT2D eigenvalue weighted by molar-refractivity contribution is 6.32. The third kappa shape index (κ3) is 3.08. The van der Waals surface area contributed by atoms with E-state index in [0.29, 0.717) is 12.4 Å². The van der Waals surface area contributed by atoms with Gasteiger partial charge in [0, 0.05) is 18.7 Å². The Hall–Kier alpha value is -1.33. The third-order valence-electron chi connectivity index (χ3n) is 2.58. The van der Waals surface area contributed by atoms with Crippen LogP contribution in [0.3, 0.4) is 0 Å². The van der Waals surface area contributed by atoms with Crippen molar-refractivity contribution in [2.24, 2.45) is 0 Å². The van der Waals surface area contributed by atoms with E-state index >= 15 is 0 Å². The summed E-state index contributed by atoms with van der Waals surface area (Å²) in [6.45, 7) is 1.19. The third-order valence-corrected chi connectivity index (χ3v) is 2.87. The molecule has 0 spiro atoms. The molecule has 0 radical (unpaired) electrons. The van der Waals surface area contributed by atoms with Gasteiger partial charge >= 0.3 is 0 Å². The molecule has 1 unspecified atom stereocenters. The maximum Gasteiger partial charge on any atom is 0.271 e. The molecule has 5 nitrogen and oxygen atoms in total. The van der Waals surface area contributed by atoms with Crippen LogP contribution >= 0.6 is 11.6 Å². The van der Waals surface area contributed by atoms with Crippen LogP contribution in [-0.2, 0) is 4.74 Å². The van der Waals surface area contributed by atoms with Gasteiger partial charge in [-0.1, -0.05) is 11.6 Å². The van der Waals surface area contributed by atoms with E-state index in [1.807, 2.05) is 0 Å². The zero-order chi connectivity index (χ0) is 12.3. The highest BCUT2D eigenvalue weighted by atomic mass is 35.5. The van der Waals surface area contributed by atoms with E-state index in [4.69, 9.17) is 21.1 Å². The quantitative estimate of drug-likeness (QED) is 0.615. The maximum absolute atomic E-state index is 10.5. The Balaban J connectivity index is 1.98. The molecule has 0 aliphatic carbocycles. The van der Waals surface area contributed by atoms with E-state index in [0.717, 1.165) is 19.4 Å². The van der Waals surface area contributed by atoms with Crippen molar-refractivity contribution in [2.75, 3.05) is 13.2 Å². The second kappa shape index (κ2) is 5.33. The van der Waals surface area contributed by atoms with Crippen molar-refractivity contribution in [2.45, 2.75) is 18.9 Å². The van der Waals surface area contributed by atoms with Crippen LogP contribution in [0.5, 0.6) is 5.75 Å². The van der Waals surface area contributed by atoms with Crippen molar-refractivity contribution >= 4 is 17.3 Å². The number of halogens is 1. The van der Waals surface area contributed by atoms with Crippen LogP contribution in [0.4, 0.5) is 5.69 Å². The Morgan fingerprint density at radius 1 is 1.59 bits per heavy atom. The predicted molar refractivity (Wildman–Crippen MR) is 62.6 cm³/mol. The highest BCUT2D eigenvalue weighted by Crippen LogP contribution is 2.29. The molecule has 0 bridgehead atoms. The van der Waals surface area contributed by atoms with Crippen molar-refractivity contribution in [1.29, 1.82) is 0 Å². The van der Waals surface area contributed by atoms with E-state index in [-0.39, 0.29) is 16.8 Å². The lowest BCUT2D eigenvalue weighted by Gasteiger charge is -2.12. The highest BCUT2D eigenvalue weighted by Gasteiger charge is 2.17. The summed E-state index contributed by atoms with van der Waals surface area (Å²) in [6.07, 6.45) is 2.12. The van der Waals surface area contributed by atoms with Crippen LogP contribution in [0.15, 0.2) is 18.2 Å². The molecule has 0 amide bonds. The Morgan fingerprint density at radius 2 is 2.41 bits per heavy atom. The molecule has 1 aromatic carbocycles. The fourth-order valence-electron chi connectivity index (χ4n) is 1.68. The summed E-state index contributed by atoms with van der Waals surface area (Å²) in [5, 5.41) is 10.8. The zero-order valence-corrected chi connectivity index (χ0v) is 9.85. The van der Waals surface area contributed by atoms with Crippen molar-refractivity contribution in [3.05, 3.63) is 33.3 Å². The predicted octanol–water partition coefficient (Wildman–Crippen LogP) is 2.81. The standard InChI is InChI=1S/C11H12ClNO4/c12-10-6-8(13(14)15)3-4-11(10)17-7-9-2-1-5-16-9/h3-4,6,9H,1-2,5,7H2. The number of hydrogen-bond donors (Lipinski definition) is 0. The van der Waals surface area contributed by atoms with Gasteiger partial charge in [0.25, 0.3) is 5.69 Å². The fourth-order valence-corrected chi connectivity index (χ4v) is 1.91. The maximum atomic E-state index is 10.5. The molecule has 17 heavy (non-hydrogen) atoms. The van der Waals surface area contributed by atoms with Crippen LogP contribution in [0.25, 0.3) is 0 Å². The summed E-state index contributed by atoms with van der Waals surface area (Å²) in [5.74, 6) is 0.452. The first kappa shape index (κ1) is 12.1. The number of nitro benzene ring substituents is 1. The summed E-state index contributed by atoms with van der Waals surface area (Å²) in [4.78, 5) is 10.0. The van der Waals surface area contributed by atoms with E-state index < -0.39 is 4.92 Å². The van der Waals surface area contributed by atoms with Crippen LogP contribution in [-0.4, -0.2) is 24.2 Å². The van der Waals surface area contributed by atoms with Crippen molar-refractivity contribution in [3.63, 3.8) is 0 Å². The molecule has 1 saturated heterocycles. The molecule has 1 aliphatic heterocycles. The van der Waals surface area contributed by atoms with Gasteiger partial charge < -0.3 is 9.47 Å². The number of rotatable bonds is 4. The van der Waals surface area contributed by atoms with Gasteiger partial charge in [-0.2, -0.15) is 0 Å². The number of benzene rings is 1. The van der Waals surface area contributed by atoms with Gasteiger partial charge in [0.1, 0.15) is 12.4 Å². The number of ether oxygens (including phenoxy) is 2. The van der Waals surface area contributed by atoms with Gasteiger partial charge in [-0.3, -0.25) is 10.1 Å². The summed E-state index contributed by atoms with van der Waals surface area (Å²) >= 11 is 5.89. The zero-order valence-electron chi connectivity index (χ0n) is 9.10. The number of non-ortho nitro benzene ring substituents is 1. The summed E-state index contributed by atoms with van der Waals surface area (Å²) < 4.78 is 10.9. The number of hydrogen-bond acceptors (Lipinski definition) is 4. The molecule has 1 aliphatic rings. The van der Waals surface area contributed by atoms with E-state index in [9.17, 15) is 10.1 Å². The number of nitro groups is 1. The molecular weight excluding hydrogens is 246 g/mol. The van der Waals surface area contributed by atoms with Crippen molar-refractivity contribution in [1.82, 2.24) is 0 Å². The van der Waals surface area contributed by atoms with Crippen LogP contribution in [0.2, 0.25) is 5.02 Å². The van der Waals surface area contributed by atoms with Gasteiger partial charge in [-0.15, -0.1) is 0 Å². The molecule has 1 heterocycles. The van der Waals surface area contributed by atoms with Crippen LogP contribution < -0.4 is 4.74 Å². The fraction of sp³-hybridized carbons (Fsp3) is 0.455. The second-order valence-electron chi connectivity index (χ2n) is 3.82. The minimum absolute atomic E-state index is 0.0422. The van der Waals surface area contributed by atoms with Gasteiger partial charge in [-0.25, -0.2) is 0 Å². The van der Waals surface area contributed by atoms with Gasteiger partial charge in [0.2, 0.25) is 0 Å². The summed E-state index contributed by atoms with van der Waals surface area (Å²) in [6, 6.07) is 4.17. The SMILES string of the molecule is O=[N+]([O-])c1ccc(OCC2CCCO2)c(Cl)c1. The minimum Gasteiger partial charge on any atom is -0.489 e. The monoisotopic (exact) mass is 257 g/mol. The Morgan fingerprint density at radius 3 is 3.00 bits per heavy atom. The van der Waals surface area contributed by atoms with Gasteiger partial charge in [0.05, 0.1) is 16.0 Å². The lowest BCUT2D eigenvalue weighted by molar-refractivity contribution is -0.384. The molecule has 0 N–H and O–H groups in total. The van der Waals surface area contributed by atoms with Crippen molar-refractivity contribution in [3.8, 4) is 5.75 Å². The summed E-state index contributed by atoms with van der Waals surface area (Å²) in [7, 11) is 0. The molecule has 1 atom stereocenters. The van der Waals surface area contributed by atoms with Crippen LogP contribution in [0.1, 0.15) is 12.8 Å². The smallest absolute Gasteiger partial charge is 0.271 e. The van der Waals surface area contributed by atoms with E-state index in [2.05, 4.69) is 0 Å². The lowest BCUT2D eigenvalue weighted by atomic mass is 10.2. The molecule has 6 heteroatoms. The lowest BCUT2D eigenvalue weighted by Crippen LogP contribution is -2.16. The molecular formula is C11H12ClNO4. The average Bonchev–Trinajstić information content (AvgIpc) is 2.80. The van der Waals surface area contributed by atoms with E-state index in [1.165, 1.54) is 18.2 Å². The first-order chi connectivity index (χ1) is 8.16. The Kier molecular flexibility index (Phi) is 3.81. The molecule has 0 saturated carbocycles. The minimum atomic E-state index is -0.490. The molecule has 1 fully saturated rings. The first-order valence-electron chi connectivity index (χ1n) is 5.35. The normalized spacial score (nSPS) is 19.2. The average molecular weight is 258 g/mol. The topological polar surface area (TPSA) is 61.6 Å². The number of nitrogens with zero attached hydrogens (tertiary/aromatic N) is 1. The van der Waals surface area contributed by atoms with Gasteiger partial charge in [0.15, 0.2) is 0 Å². The molecule has 1 aromatic rings. The summed E-state index contributed by atoms with van der Waals surface area (Å²) in [5.41, 5.74) is -0.0422. The Labute approximate surface area is 103 Å².